The van der Waals surface area contributed by atoms with Crippen LogP contribution in [0, 0.1) is 6.33 Å². The van der Waals surface area contributed by atoms with Gasteiger partial charge in [0.05, 0.1) is 0 Å². The SMILES string of the molecule is [Cl-].[Cl-].[Cl-].[Cl-].[Ti+4].[c-]1nc2ccccc2[nH]1.c1ccncc1. The van der Waals surface area contributed by atoms with Crippen molar-refractivity contribution in [3.05, 3.63) is 61.2 Å². The predicted octanol–water partition coefficient (Wildman–Crippen LogP) is -9.54. The van der Waals surface area contributed by atoms with Gasteiger partial charge in [-0.25, -0.2) is 0 Å². The van der Waals surface area contributed by atoms with Crippen molar-refractivity contribution in [3.63, 3.8) is 0 Å². The molecule has 0 spiro atoms. The van der Waals surface area contributed by atoms with E-state index in [4.69, 9.17) is 0 Å². The first-order valence-corrected chi connectivity index (χ1v) is 4.62. The minimum Gasteiger partial charge on any atom is -1.00 e. The minimum absolute atomic E-state index is 0. The Bertz CT molecular complexity index is 465. The first-order valence-electron chi connectivity index (χ1n) is 4.62. The summed E-state index contributed by atoms with van der Waals surface area (Å²) < 4.78 is 0. The molecule has 1 N–H and O–H groups in total. The summed E-state index contributed by atoms with van der Waals surface area (Å²) in [5, 5.41) is 0. The van der Waals surface area contributed by atoms with E-state index in [-0.39, 0.29) is 71.3 Å². The number of hydrogen-bond donors (Lipinski definition) is 1. The molecule has 3 aromatic rings. The van der Waals surface area contributed by atoms with Gasteiger partial charge in [0.15, 0.2) is 0 Å². The molecule has 3 nitrogen and oxygen atoms in total. The van der Waals surface area contributed by atoms with Gasteiger partial charge in [-0.05, 0) is 18.5 Å². The summed E-state index contributed by atoms with van der Waals surface area (Å²) in [5.41, 5.74) is 2.01. The quantitative estimate of drug-likeness (QED) is 0.308. The van der Waals surface area contributed by atoms with Crippen molar-refractivity contribution in [2.24, 2.45) is 0 Å². The maximum Gasteiger partial charge on any atom is 4.00 e. The molecule has 20 heavy (non-hydrogen) atoms. The Labute approximate surface area is 157 Å². The van der Waals surface area contributed by atoms with Crippen molar-refractivity contribution in [2.45, 2.75) is 0 Å². The largest absolute Gasteiger partial charge is 4.00 e. The summed E-state index contributed by atoms with van der Waals surface area (Å²) in [5.74, 6) is 0. The molecule has 0 fully saturated rings. The molecule has 0 atom stereocenters. The van der Waals surface area contributed by atoms with Crippen LogP contribution in [0.1, 0.15) is 0 Å². The third-order valence-corrected chi connectivity index (χ3v) is 1.84. The number of H-pyrrole nitrogens is 1. The second-order valence-electron chi connectivity index (χ2n) is 2.89. The Morgan fingerprint density at radius 3 is 1.85 bits per heavy atom. The molecule has 106 valence electrons. The van der Waals surface area contributed by atoms with Crippen molar-refractivity contribution in [1.29, 1.82) is 0 Å². The van der Waals surface area contributed by atoms with Crippen LogP contribution in [0.25, 0.3) is 11.0 Å². The van der Waals surface area contributed by atoms with Crippen molar-refractivity contribution in [1.82, 2.24) is 15.0 Å². The molecular weight excluding hydrogens is 376 g/mol. The van der Waals surface area contributed by atoms with Gasteiger partial charge in [0.2, 0.25) is 0 Å². The monoisotopic (exact) mass is 384 g/mol. The van der Waals surface area contributed by atoms with Crippen LogP contribution in [0.4, 0.5) is 0 Å². The van der Waals surface area contributed by atoms with Gasteiger partial charge < -0.3 is 59.6 Å². The standard InChI is InChI=1S/C7H5N2.C5H5N.4ClH.Ti/c1-2-4-7-6(3-1)8-5-9-7;1-2-4-6-5-3-1;;;;;/h1-4H,(H,8,9);1-5H;4*1H;/q-1;;;;;;+4/p-4. The van der Waals surface area contributed by atoms with Gasteiger partial charge in [-0.1, -0.05) is 29.2 Å². The van der Waals surface area contributed by atoms with E-state index < -0.39 is 0 Å². The predicted molar refractivity (Wildman–Crippen MR) is 59.2 cm³/mol. The Kier molecular flexibility index (Phi) is 23.4. The van der Waals surface area contributed by atoms with E-state index in [0.717, 1.165) is 11.0 Å². The molecule has 0 aliphatic heterocycles. The van der Waals surface area contributed by atoms with E-state index in [1.54, 1.807) is 12.4 Å². The molecule has 0 amide bonds. The van der Waals surface area contributed by atoms with E-state index in [2.05, 4.69) is 21.3 Å². The number of pyridine rings is 1. The summed E-state index contributed by atoms with van der Waals surface area (Å²) in [4.78, 5) is 10.6. The molecule has 0 unspecified atom stereocenters. The van der Waals surface area contributed by atoms with Crippen molar-refractivity contribution in [3.8, 4) is 0 Å². The average Bonchev–Trinajstić information content (AvgIpc) is 2.80. The van der Waals surface area contributed by atoms with Gasteiger partial charge in [-0.2, -0.15) is 0 Å². The smallest absolute Gasteiger partial charge is 1.00 e. The Balaban J connectivity index is -0.000000107. The summed E-state index contributed by atoms with van der Waals surface area (Å²) in [6.45, 7) is 0. The Morgan fingerprint density at radius 2 is 1.40 bits per heavy atom. The minimum atomic E-state index is 0. The number of aromatic amines is 1. The molecule has 0 radical (unpaired) electrons. The Morgan fingerprint density at radius 1 is 0.800 bits per heavy atom. The molecule has 0 aliphatic rings. The molecule has 8 heteroatoms. The molecule has 0 saturated carbocycles. The maximum absolute atomic E-state index is 3.94. The molecule has 2 heterocycles. The second-order valence-corrected chi connectivity index (χ2v) is 2.89. The van der Waals surface area contributed by atoms with E-state index in [9.17, 15) is 0 Å². The van der Waals surface area contributed by atoms with Gasteiger partial charge >= 0.3 is 21.7 Å². The van der Waals surface area contributed by atoms with Crippen molar-refractivity contribution in [2.75, 3.05) is 0 Å². The number of nitrogens with one attached hydrogen (secondary N) is 1. The molecular formula is C12H10Cl4N3Ti-. The number of halogens is 4. The zero-order chi connectivity index (χ0) is 10.3. The van der Waals surface area contributed by atoms with Crippen molar-refractivity contribution >= 4 is 11.0 Å². The topological polar surface area (TPSA) is 41.6 Å². The Hall–Kier alpha value is -0.286. The number of benzene rings is 1. The summed E-state index contributed by atoms with van der Waals surface area (Å²) >= 11 is 0. The zero-order valence-electron chi connectivity index (χ0n) is 10.1. The molecule has 3 rings (SSSR count). The van der Waals surface area contributed by atoms with E-state index >= 15 is 0 Å². The number of nitrogens with zero attached hydrogens (tertiary/aromatic N) is 2. The molecule has 1 aromatic carbocycles. The van der Waals surface area contributed by atoms with Crippen LogP contribution in [0.5, 0.6) is 0 Å². The van der Waals surface area contributed by atoms with Crippen LogP contribution in [0.2, 0.25) is 0 Å². The number of hydrogen-bond acceptors (Lipinski definition) is 2. The third kappa shape index (κ3) is 9.59. The maximum atomic E-state index is 3.94. The molecule has 2 aromatic heterocycles. The van der Waals surface area contributed by atoms with E-state index in [1.807, 2.05) is 42.5 Å². The van der Waals surface area contributed by atoms with Gasteiger partial charge in [-0.15, -0.1) is 12.1 Å². The van der Waals surface area contributed by atoms with E-state index in [0.29, 0.717) is 0 Å². The van der Waals surface area contributed by atoms with Crippen LogP contribution in [0.15, 0.2) is 54.9 Å². The second kappa shape index (κ2) is 16.8. The third-order valence-electron chi connectivity index (χ3n) is 1.84. The van der Waals surface area contributed by atoms with Gasteiger partial charge in [0.25, 0.3) is 0 Å². The van der Waals surface area contributed by atoms with E-state index in [1.165, 1.54) is 0 Å². The number of rotatable bonds is 0. The average molecular weight is 386 g/mol. The number of imidazole rings is 1. The summed E-state index contributed by atoms with van der Waals surface area (Å²) in [7, 11) is 0. The number of para-hydroxylation sites is 2. The molecule has 0 bridgehead atoms. The number of aromatic nitrogens is 3. The fraction of sp³-hybridized carbons (Fsp3) is 0. The normalized spacial score (nSPS) is 7.00. The zero-order valence-corrected chi connectivity index (χ0v) is 14.7. The van der Waals surface area contributed by atoms with Gasteiger partial charge in [-0.3, -0.25) is 4.98 Å². The molecule has 0 aliphatic carbocycles. The van der Waals surface area contributed by atoms with Crippen LogP contribution in [0.3, 0.4) is 0 Å². The van der Waals surface area contributed by atoms with Gasteiger partial charge in [0, 0.05) is 12.4 Å². The van der Waals surface area contributed by atoms with Crippen molar-refractivity contribution < 1.29 is 71.3 Å². The fourth-order valence-electron chi connectivity index (χ4n) is 1.14. The van der Waals surface area contributed by atoms with Crippen LogP contribution in [-0.2, 0) is 21.7 Å². The van der Waals surface area contributed by atoms with Crippen LogP contribution >= 0.6 is 0 Å². The summed E-state index contributed by atoms with van der Waals surface area (Å²) in [6, 6.07) is 13.6. The first-order chi connectivity index (χ1) is 7.47. The first kappa shape index (κ1) is 28.0. The molecule has 0 saturated heterocycles. The summed E-state index contributed by atoms with van der Waals surface area (Å²) in [6.07, 6.45) is 6.16. The van der Waals surface area contributed by atoms with Crippen LogP contribution in [-0.4, -0.2) is 15.0 Å². The van der Waals surface area contributed by atoms with Gasteiger partial charge in [0.1, 0.15) is 0 Å². The fourth-order valence-corrected chi connectivity index (χ4v) is 1.14. The number of fused-ring (bicyclic) bond motifs is 1. The van der Waals surface area contributed by atoms with Crippen LogP contribution < -0.4 is 49.6 Å².